The van der Waals surface area contributed by atoms with E-state index in [1.54, 1.807) is 30.5 Å². The van der Waals surface area contributed by atoms with Crippen molar-refractivity contribution in [1.29, 1.82) is 5.26 Å². The van der Waals surface area contributed by atoms with Gasteiger partial charge in [0.1, 0.15) is 16.8 Å². The SMILES string of the molecule is N#Cc1ccc(OCC(=O)N[C@@H](c2ccccc2)c2nccs2)cc1. The van der Waals surface area contributed by atoms with Gasteiger partial charge in [-0.1, -0.05) is 30.3 Å². The predicted octanol–water partition coefficient (Wildman–Crippen LogP) is 3.30. The monoisotopic (exact) mass is 349 g/mol. The number of carbonyl (C=O) groups excluding carboxylic acids is 1. The Labute approximate surface area is 149 Å². The van der Waals surface area contributed by atoms with Crippen LogP contribution in [0.3, 0.4) is 0 Å². The molecule has 0 spiro atoms. The molecular formula is C19H15N3O2S. The Bertz CT molecular complexity index is 856. The van der Waals surface area contributed by atoms with E-state index >= 15 is 0 Å². The molecule has 1 heterocycles. The highest BCUT2D eigenvalue weighted by molar-refractivity contribution is 7.09. The average Bonchev–Trinajstić information content (AvgIpc) is 3.20. The maximum Gasteiger partial charge on any atom is 0.258 e. The number of amides is 1. The Balaban J connectivity index is 1.65. The Morgan fingerprint density at radius 2 is 1.96 bits per heavy atom. The number of nitrogens with zero attached hydrogens (tertiary/aromatic N) is 2. The van der Waals surface area contributed by atoms with Gasteiger partial charge in [-0.15, -0.1) is 11.3 Å². The zero-order valence-corrected chi connectivity index (χ0v) is 14.1. The topological polar surface area (TPSA) is 75.0 Å². The molecule has 1 N–H and O–H groups in total. The number of thiazole rings is 1. The van der Waals surface area contributed by atoms with Gasteiger partial charge >= 0.3 is 0 Å². The van der Waals surface area contributed by atoms with Gasteiger partial charge in [-0.3, -0.25) is 4.79 Å². The highest BCUT2D eigenvalue weighted by atomic mass is 32.1. The van der Waals surface area contributed by atoms with E-state index in [0.717, 1.165) is 10.6 Å². The van der Waals surface area contributed by atoms with Crippen molar-refractivity contribution in [3.8, 4) is 11.8 Å². The number of nitrogens with one attached hydrogen (secondary N) is 1. The quantitative estimate of drug-likeness (QED) is 0.741. The molecule has 0 aliphatic carbocycles. The highest BCUT2D eigenvalue weighted by Crippen LogP contribution is 2.23. The molecule has 0 saturated heterocycles. The lowest BCUT2D eigenvalue weighted by Crippen LogP contribution is -2.33. The number of nitriles is 1. The van der Waals surface area contributed by atoms with Gasteiger partial charge in [0.25, 0.3) is 5.91 Å². The van der Waals surface area contributed by atoms with E-state index in [1.165, 1.54) is 11.3 Å². The third-order valence-corrected chi connectivity index (χ3v) is 4.33. The van der Waals surface area contributed by atoms with Gasteiger partial charge in [0.15, 0.2) is 6.61 Å². The highest BCUT2D eigenvalue weighted by Gasteiger charge is 2.19. The molecule has 0 unspecified atom stereocenters. The minimum Gasteiger partial charge on any atom is -0.484 e. The van der Waals surface area contributed by atoms with Crippen molar-refractivity contribution in [2.24, 2.45) is 0 Å². The molecule has 0 radical (unpaired) electrons. The molecule has 0 bridgehead atoms. The Morgan fingerprint density at radius 1 is 1.20 bits per heavy atom. The fourth-order valence-electron chi connectivity index (χ4n) is 2.29. The van der Waals surface area contributed by atoms with E-state index in [0.29, 0.717) is 11.3 Å². The molecule has 1 amide bonds. The molecule has 25 heavy (non-hydrogen) atoms. The summed E-state index contributed by atoms with van der Waals surface area (Å²) in [4.78, 5) is 16.6. The Hall–Kier alpha value is -3.17. The van der Waals surface area contributed by atoms with Crippen molar-refractivity contribution in [3.05, 3.63) is 82.3 Å². The van der Waals surface area contributed by atoms with Gasteiger partial charge in [0, 0.05) is 11.6 Å². The van der Waals surface area contributed by atoms with E-state index in [9.17, 15) is 4.79 Å². The molecule has 3 rings (SSSR count). The second-order valence-electron chi connectivity index (χ2n) is 5.21. The summed E-state index contributed by atoms with van der Waals surface area (Å²) in [5.41, 5.74) is 1.51. The normalized spacial score (nSPS) is 11.3. The number of benzene rings is 2. The summed E-state index contributed by atoms with van der Waals surface area (Å²) in [5, 5.41) is 14.4. The van der Waals surface area contributed by atoms with Crippen molar-refractivity contribution < 1.29 is 9.53 Å². The molecule has 2 aromatic carbocycles. The van der Waals surface area contributed by atoms with Crippen molar-refractivity contribution in [2.75, 3.05) is 6.61 Å². The third kappa shape index (κ3) is 4.43. The molecule has 6 heteroatoms. The molecule has 124 valence electrons. The summed E-state index contributed by atoms with van der Waals surface area (Å²) in [6.45, 7) is -0.111. The maximum atomic E-state index is 12.3. The van der Waals surface area contributed by atoms with Crippen molar-refractivity contribution >= 4 is 17.2 Å². The molecule has 0 aliphatic heterocycles. The van der Waals surface area contributed by atoms with Crippen LogP contribution in [0, 0.1) is 11.3 Å². The van der Waals surface area contributed by atoms with Crippen LogP contribution in [0.4, 0.5) is 0 Å². The van der Waals surface area contributed by atoms with Gasteiger partial charge in [0.05, 0.1) is 11.6 Å². The van der Waals surface area contributed by atoms with Crippen LogP contribution in [0.1, 0.15) is 22.2 Å². The first kappa shape index (κ1) is 16.7. The standard InChI is InChI=1S/C19H15N3O2S/c20-12-14-6-8-16(9-7-14)24-13-17(23)22-18(19-21-10-11-25-19)15-4-2-1-3-5-15/h1-11,18H,13H2,(H,22,23)/t18-/m0/s1. The minimum atomic E-state index is -0.307. The first-order chi connectivity index (χ1) is 12.3. The summed E-state index contributed by atoms with van der Waals surface area (Å²) in [7, 11) is 0. The summed E-state index contributed by atoms with van der Waals surface area (Å²) in [6, 6.07) is 18.0. The molecule has 3 aromatic rings. The third-order valence-electron chi connectivity index (χ3n) is 3.49. The largest absolute Gasteiger partial charge is 0.484 e. The zero-order chi connectivity index (χ0) is 17.5. The Morgan fingerprint density at radius 3 is 2.60 bits per heavy atom. The fraction of sp³-hybridized carbons (Fsp3) is 0.105. The number of hydrogen-bond donors (Lipinski definition) is 1. The van der Waals surface area contributed by atoms with E-state index in [-0.39, 0.29) is 18.6 Å². The van der Waals surface area contributed by atoms with Crippen LogP contribution < -0.4 is 10.1 Å². The second kappa shape index (κ2) is 8.08. The number of rotatable bonds is 6. The molecule has 0 fully saturated rings. The summed E-state index contributed by atoms with van der Waals surface area (Å²) in [6.07, 6.45) is 1.72. The molecule has 1 aromatic heterocycles. The minimum absolute atomic E-state index is 0.111. The van der Waals surface area contributed by atoms with Gasteiger partial charge in [0.2, 0.25) is 0 Å². The summed E-state index contributed by atoms with van der Waals surface area (Å²) >= 11 is 1.49. The smallest absolute Gasteiger partial charge is 0.258 e. The van der Waals surface area contributed by atoms with Crippen LogP contribution in [0.2, 0.25) is 0 Å². The number of aromatic nitrogens is 1. The van der Waals surface area contributed by atoms with Crippen molar-refractivity contribution in [2.45, 2.75) is 6.04 Å². The van der Waals surface area contributed by atoms with Gasteiger partial charge in [-0.05, 0) is 29.8 Å². The summed E-state index contributed by atoms with van der Waals surface area (Å²) in [5.74, 6) is 0.299. The summed E-state index contributed by atoms with van der Waals surface area (Å²) < 4.78 is 5.48. The van der Waals surface area contributed by atoms with Crippen LogP contribution in [0.5, 0.6) is 5.75 Å². The second-order valence-corrected chi connectivity index (χ2v) is 6.13. The van der Waals surface area contributed by atoms with Crippen LogP contribution >= 0.6 is 11.3 Å². The molecule has 1 atom stereocenters. The lowest BCUT2D eigenvalue weighted by Gasteiger charge is -2.17. The number of hydrogen-bond acceptors (Lipinski definition) is 5. The number of ether oxygens (including phenoxy) is 1. The molecular weight excluding hydrogens is 334 g/mol. The average molecular weight is 349 g/mol. The molecule has 0 aliphatic rings. The first-order valence-electron chi connectivity index (χ1n) is 7.63. The van der Waals surface area contributed by atoms with E-state index in [1.807, 2.05) is 41.8 Å². The fourth-order valence-corrected chi connectivity index (χ4v) is 3.00. The lowest BCUT2D eigenvalue weighted by molar-refractivity contribution is -0.123. The zero-order valence-electron chi connectivity index (χ0n) is 13.3. The van der Waals surface area contributed by atoms with E-state index in [2.05, 4.69) is 10.3 Å². The molecule has 0 saturated carbocycles. The van der Waals surface area contributed by atoms with Gasteiger partial charge in [-0.2, -0.15) is 5.26 Å². The van der Waals surface area contributed by atoms with Gasteiger partial charge < -0.3 is 10.1 Å². The Kier molecular flexibility index (Phi) is 5.39. The van der Waals surface area contributed by atoms with Crippen LogP contribution in [-0.4, -0.2) is 17.5 Å². The van der Waals surface area contributed by atoms with E-state index in [4.69, 9.17) is 10.00 Å². The predicted molar refractivity (Wildman–Crippen MR) is 95.2 cm³/mol. The molecule has 5 nitrogen and oxygen atoms in total. The van der Waals surface area contributed by atoms with E-state index < -0.39 is 0 Å². The lowest BCUT2D eigenvalue weighted by atomic mass is 10.1. The van der Waals surface area contributed by atoms with Crippen molar-refractivity contribution in [1.82, 2.24) is 10.3 Å². The van der Waals surface area contributed by atoms with Gasteiger partial charge in [-0.25, -0.2) is 4.98 Å². The van der Waals surface area contributed by atoms with Crippen LogP contribution in [-0.2, 0) is 4.79 Å². The number of carbonyl (C=O) groups is 1. The van der Waals surface area contributed by atoms with Crippen LogP contribution in [0.25, 0.3) is 0 Å². The van der Waals surface area contributed by atoms with Crippen LogP contribution in [0.15, 0.2) is 66.2 Å². The maximum absolute atomic E-state index is 12.3. The first-order valence-corrected chi connectivity index (χ1v) is 8.51. The van der Waals surface area contributed by atoms with Crippen molar-refractivity contribution in [3.63, 3.8) is 0 Å².